The van der Waals surface area contributed by atoms with E-state index in [4.69, 9.17) is 5.73 Å². The van der Waals surface area contributed by atoms with Crippen LogP contribution in [-0.2, 0) is 0 Å². The Bertz CT molecular complexity index is 579. The summed E-state index contributed by atoms with van der Waals surface area (Å²) in [6.07, 6.45) is -0.470. The van der Waals surface area contributed by atoms with Gasteiger partial charge >= 0.3 is 0 Å². The molecule has 2 rings (SSSR count). The highest BCUT2D eigenvalue weighted by Crippen LogP contribution is 2.24. The average Bonchev–Trinajstić information content (AvgIpc) is 2.36. The molecule has 4 N–H and O–H groups in total. The number of nitrogens with two attached hydrogens (primary N) is 1. The van der Waals surface area contributed by atoms with Crippen molar-refractivity contribution in [2.45, 2.75) is 26.9 Å². The minimum Gasteiger partial charge on any atom is -0.394 e. The smallest absolute Gasteiger partial charge is 0.157 e. The van der Waals surface area contributed by atoms with Crippen LogP contribution in [0.5, 0.6) is 0 Å². The minimum atomic E-state index is -0.470. The molecule has 1 aromatic heterocycles. The standard InChI is InChI=1S/C14H18N4O/c1-8-13(15)14(17-10(3)16-8)18-12-6-4-11(5-7-12)9(2)19/h4-7,9,19H,15H2,1-3H3,(H,16,17,18). The summed E-state index contributed by atoms with van der Waals surface area (Å²) in [5.41, 5.74) is 8.99. The Morgan fingerprint density at radius 1 is 1.16 bits per heavy atom. The first-order valence-corrected chi connectivity index (χ1v) is 6.13. The molecule has 0 amide bonds. The van der Waals surface area contributed by atoms with E-state index in [9.17, 15) is 5.11 Å². The van der Waals surface area contributed by atoms with Gasteiger partial charge in [-0.25, -0.2) is 9.97 Å². The molecule has 0 radical (unpaired) electrons. The lowest BCUT2D eigenvalue weighted by Crippen LogP contribution is -2.05. The maximum Gasteiger partial charge on any atom is 0.157 e. The lowest BCUT2D eigenvalue weighted by Gasteiger charge is -2.11. The van der Waals surface area contributed by atoms with E-state index in [0.29, 0.717) is 17.3 Å². The first-order chi connectivity index (χ1) is 8.97. The molecule has 0 saturated heterocycles. The van der Waals surface area contributed by atoms with Crippen LogP contribution in [0.4, 0.5) is 17.2 Å². The first-order valence-electron chi connectivity index (χ1n) is 6.13. The van der Waals surface area contributed by atoms with Gasteiger partial charge in [-0.1, -0.05) is 12.1 Å². The number of hydrogen-bond acceptors (Lipinski definition) is 5. The van der Waals surface area contributed by atoms with Crippen LogP contribution in [-0.4, -0.2) is 15.1 Å². The number of anilines is 3. The monoisotopic (exact) mass is 258 g/mol. The second-order valence-electron chi connectivity index (χ2n) is 4.54. The van der Waals surface area contributed by atoms with Gasteiger partial charge in [0, 0.05) is 5.69 Å². The van der Waals surface area contributed by atoms with Crippen LogP contribution in [0.1, 0.15) is 30.1 Å². The van der Waals surface area contributed by atoms with Gasteiger partial charge in [-0.15, -0.1) is 0 Å². The molecule has 0 bridgehead atoms. The molecule has 100 valence electrons. The molecular formula is C14H18N4O. The Balaban J connectivity index is 2.26. The number of nitrogen functional groups attached to an aromatic ring is 1. The first kappa shape index (κ1) is 13.3. The Labute approximate surface area is 112 Å². The fraction of sp³-hybridized carbons (Fsp3) is 0.286. The number of benzene rings is 1. The summed E-state index contributed by atoms with van der Waals surface area (Å²) in [4.78, 5) is 8.49. The highest BCUT2D eigenvalue weighted by Gasteiger charge is 2.07. The molecule has 5 heteroatoms. The summed E-state index contributed by atoms with van der Waals surface area (Å²) in [6.45, 7) is 5.41. The molecule has 0 aliphatic rings. The zero-order valence-electron chi connectivity index (χ0n) is 11.3. The zero-order valence-corrected chi connectivity index (χ0v) is 11.3. The van der Waals surface area contributed by atoms with Crippen molar-refractivity contribution in [1.29, 1.82) is 0 Å². The quantitative estimate of drug-likeness (QED) is 0.787. The van der Waals surface area contributed by atoms with Crippen molar-refractivity contribution in [1.82, 2.24) is 9.97 Å². The third-order valence-corrected chi connectivity index (χ3v) is 2.90. The molecule has 2 aromatic rings. The molecule has 5 nitrogen and oxygen atoms in total. The van der Waals surface area contributed by atoms with Gasteiger partial charge in [0.2, 0.25) is 0 Å². The highest BCUT2D eigenvalue weighted by molar-refractivity contribution is 5.70. The van der Waals surface area contributed by atoms with E-state index in [1.165, 1.54) is 0 Å². The van der Waals surface area contributed by atoms with E-state index in [0.717, 1.165) is 16.9 Å². The van der Waals surface area contributed by atoms with Gasteiger partial charge in [-0.3, -0.25) is 0 Å². The molecule has 0 fully saturated rings. The lowest BCUT2D eigenvalue weighted by atomic mass is 10.1. The summed E-state index contributed by atoms with van der Waals surface area (Å²) in [7, 11) is 0. The van der Waals surface area contributed by atoms with Crippen molar-refractivity contribution in [3.8, 4) is 0 Å². The molecule has 0 aliphatic carbocycles. The maximum atomic E-state index is 9.46. The second-order valence-corrected chi connectivity index (χ2v) is 4.54. The Morgan fingerprint density at radius 3 is 2.37 bits per heavy atom. The fourth-order valence-electron chi connectivity index (χ4n) is 1.80. The molecule has 1 aromatic carbocycles. The van der Waals surface area contributed by atoms with Gasteiger partial charge in [0.15, 0.2) is 5.82 Å². The molecule has 0 saturated carbocycles. The number of aryl methyl sites for hydroxylation is 2. The van der Waals surface area contributed by atoms with Gasteiger partial charge in [-0.2, -0.15) is 0 Å². The number of nitrogens with one attached hydrogen (secondary N) is 1. The van der Waals surface area contributed by atoms with Gasteiger partial charge in [0.05, 0.1) is 17.5 Å². The average molecular weight is 258 g/mol. The van der Waals surface area contributed by atoms with Crippen LogP contribution in [0.15, 0.2) is 24.3 Å². The SMILES string of the molecule is Cc1nc(C)c(N)c(Nc2ccc(C(C)O)cc2)n1. The molecule has 1 heterocycles. The van der Waals surface area contributed by atoms with E-state index in [1.54, 1.807) is 6.92 Å². The predicted molar refractivity (Wildman–Crippen MR) is 76.3 cm³/mol. The van der Waals surface area contributed by atoms with Crippen LogP contribution in [0.2, 0.25) is 0 Å². The Morgan fingerprint density at radius 2 is 1.79 bits per heavy atom. The van der Waals surface area contributed by atoms with E-state index >= 15 is 0 Å². The van der Waals surface area contributed by atoms with Crippen LogP contribution < -0.4 is 11.1 Å². The highest BCUT2D eigenvalue weighted by atomic mass is 16.3. The van der Waals surface area contributed by atoms with Gasteiger partial charge in [0.1, 0.15) is 5.82 Å². The van der Waals surface area contributed by atoms with Crippen LogP contribution in [0.25, 0.3) is 0 Å². The number of nitrogens with zero attached hydrogens (tertiary/aromatic N) is 2. The largest absolute Gasteiger partial charge is 0.394 e. The van der Waals surface area contributed by atoms with Gasteiger partial charge < -0.3 is 16.2 Å². The van der Waals surface area contributed by atoms with Crippen molar-refractivity contribution >= 4 is 17.2 Å². The summed E-state index contributed by atoms with van der Waals surface area (Å²) >= 11 is 0. The summed E-state index contributed by atoms with van der Waals surface area (Å²) < 4.78 is 0. The number of aromatic nitrogens is 2. The normalized spacial score (nSPS) is 12.2. The number of aliphatic hydroxyl groups is 1. The predicted octanol–water partition coefficient (Wildman–Crippen LogP) is 2.47. The number of hydrogen-bond donors (Lipinski definition) is 3. The van der Waals surface area contributed by atoms with Crippen LogP contribution >= 0.6 is 0 Å². The molecule has 19 heavy (non-hydrogen) atoms. The molecule has 0 aliphatic heterocycles. The summed E-state index contributed by atoms with van der Waals surface area (Å²) in [5, 5.41) is 12.6. The maximum absolute atomic E-state index is 9.46. The second kappa shape index (κ2) is 5.24. The molecular weight excluding hydrogens is 240 g/mol. The van der Waals surface area contributed by atoms with E-state index in [-0.39, 0.29) is 0 Å². The summed E-state index contributed by atoms with van der Waals surface area (Å²) in [6, 6.07) is 7.50. The summed E-state index contributed by atoms with van der Waals surface area (Å²) in [5.74, 6) is 1.28. The van der Waals surface area contributed by atoms with Gasteiger partial charge in [0.25, 0.3) is 0 Å². The zero-order chi connectivity index (χ0) is 14.0. The number of aliphatic hydroxyl groups excluding tert-OH is 1. The Kier molecular flexibility index (Phi) is 3.66. The van der Waals surface area contributed by atoms with Crippen LogP contribution in [0.3, 0.4) is 0 Å². The molecule has 1 unspecified atom stereocenters. The van der Waals surface area contributed by atoms with Crippen molar-refractivity contribution in [2.24, 2.45) is 0 Å². The van der Waals surface area contributed by atoms with Crippen molar-refractivity contribution in [3.63, 3.8) is 0 Å². The van der Waals surface area contributed by atoms with Crippen molar-refractivity contribution in [2.75, 3.05) is 11.1 Å². The van der Waals surface area contributed by atoms with Crippen molar-refractivity contribution < 1.29 is 5.11 Å². The molecule has 0 spiro atoms. The van der Waals surface area contributed by atoms with E-state index in [1.807, 2.05) is 38.1 Å². The van der Waals surface area contributed by atoms with Gasteiger partial charge in [-0.05, 0) is 38.5 Å². The van der Waals surface area contributed by atoms with E-state index in [2.05, 4.69) is 15.3 Å². The fourth-order valence-corrected chi connectivity index (χ4v) is 1.80. The lowest BCUT2D eigenvalue weighted by molar-refractivity contribution is 0.199. The van der Waals surface area contributed by atoms with Crippen LogP contribution in [0, 0.1) is 13.8 Å². The molecule has 1 atom stereocenters. The minimum absolute atomic E-state index is 0.470. The number of rotatable bonds is 3. The third-order valence-electron chi connectivity index (χ3n) is 2.90. The van der Waals surface area contributed by atoms with Crippen molar-refractivity contribution in [3.05, 3.63) is 41.3 Å². The van der Waals surface area contributed by atoms with E-state index < -0.39 is 6.10 Å². The Hall–Kier alpha value is -2.14. The third kappa shape index (κ3) is 3.00. The topological polar surface area (TPSA) is 84.1 Å².